The summed E-state index contributed by atoms with van der Waals surface area (Å²) in [4.78, 5) is 24.7. The maximum Gasteiger partial charge on any atom is 0.339 e. The summed E-state index contributed by atoms with van der Waals surface area (Å²) in [5.41, 5.74) is 7.46. The van der Waals surface area contributed by atoms with Crippen LogP contribution in [0.25, 0.3) is 0 Å². The molecule has 0 saturated carbocycles. The van der Waals surface area contributed by atoms with Crippen LogP contribution in [-0.4, -0.2) is 30.4 Å². The van der Waals surface area contributed by atoms with Gasteiger partial charge in [-0.25, -0.2) is 4.79 Å². The third-order valence-electron chi connectivity index (χ3n) is 3.07. The topological polar surface area (TPSA) is 72.6 Å². The van der Waals surface area contributed by atoms with Crippen LogP contribution in [0.1, 0.15) is 28.8 Å². The highest BCUT2D eigenvalue weighted by atomic mass is 16.5. The van der Waals surface area contributed by atoms with Crippen molar-refractivity contribution < 1.29 is 14.3 Å². The fourth-order valence-corrected chi connectivity index (χ4v) is 2.10. The molecule has 0 atom stereocenters. The van der Waals surface area contributed by atoms with Crippen molar-refractivity contribution in [3.8, 4) is 0 Å². The van der Waals surface area contributed by atoms with Crippen LogP contribution in [-0.2, 0) is 16.1 Å². The molecule has 0 aromatic heterocycles. The van der Waals surface area contributed by atoms with Crippen molar-refractivity contribution in [2.45, 2.75) is 19.4 Å². The monoisotopic (exact) mass is 248 g/mol. The van der Waals surface area contributed by atoms with Crippen molar-refractivity contribution >= 4 is 17.6 Å². The Kier molecular flexibility index (Phi) is 3.50. The number of nitrogens with zero attached hydrogens (tertiary/aromatic N) is 1. The predicted octanol–water partition coefficient (Wildman–Crippen LogP) is 1.18. The smallest absolute Gasteiger partial charge is 0.339 e. The highest BCUT2D eigenvalue weighted by Gasteiger charge is 2.20. The number of methoxy groups -OCH3 is 1. The summed E-state index contributed by atoms with van der Waals surface area (Å²) in [5, 5.41) is 0. The van der Waals surface area contributed by atoms with Gasteiger partial charge in [0.1, 0.15) is 0 Å². The van der Waals surface area contributed by atoms with E-state index in [0.29, 0.717) is 24.2 Å². The first-order valence-electron chi connectivity index (χ1n) is 5.86. The number of esters is 1. The Balaban J connectivity index is 2.13. The number of hydrogen-bond donors (Lipinski definition) is 1. The van der Waals surface area contributed by atoms with Gasteiger partial charge in [-0.15, -0.1) is 0 Å². The molecule has 2 rings (SSSR count). The number of amides is 1. The molecule has 1 aliphatic rings. The Bertz CT molecular complexity index is 485. The minimum absolute atomic E-state index is 0.172. The summed E-state index contributed by atoms with van der Waals surface area (Å²) < 4.78 is 4.62. The Morgan fingerprint density at radius 3 is 2.83 bits per heavy atom. The van der Waals surface area contributed by atoms with E-state index >= 15 is 0 Å². The summed E-state index contributed by atoms with van der Waals surface area (Å²) in [6.07, 6.45) is 1.53. The Morgan fingerprint density at radius 1 is 1.50 bits per heavy atom. The highest BCUT2D eigenvalue weighted by molar-refractivity contribution is 5.95. The maximum atomic E-state index is 11.5. The summed E-state index contributed by atoms with van der Waals surface area (Å²) in [6, 6.07) is 5.16. The highest BCUT2D eigenvalue weighted by Crippen LogP contribution is 2.19. The van der Waals surface area contributed by atoms with E-state index in [9.17, 15) is 9.59 Å². The molecule has 1 aliphatic heterocycles. The van der Waals surface area contributed by atoms with Gasteiger partial charge in [0.05, 0.1) is 12.7 Å². The van der Waals surface area contributed by atoms with Crippen LogP contribution in [0.3, 0.4) is 0 Å². The molecule has 1 aromatic rings. The van der Waals surface area contributed by atoms with Gasteiger partial charge < -0.3 is 15.4 Å². The lowest BCUT2D eigenvalue weighted by atomic mass is 10.1. The number of likely N-dealkylation sites (tertiary alicyclic amines) is 1. The van der Waals surface area contributed by atoms with Gasteiger partial charge in [-0.1, -0.05) is 6.07 Å². The number of anilines is 1. The van der Waals surface area contributed by atoms with Crippen molar-refractivity contribution in [3.05, 3.63) is 29.3 Å². The molecule has 5 heteroatoms. The number of ether oxygens (including phenoxy) is 1. The second kappa shape index (κ2) is 5.08. The molecule has 2 N–H and O–H groups in total. The average Bonchev–Trinajstić information content (AvgIpc) is 2.74. The molecule has 0 radical (unpaired) electrons. The largest absolute Gasteiger partial charge is 0.465 e. The van der Waals surface area contributed by atoms with Gasteiger partial charge >= 0.3 is 5.97 Å². The van der Waals surface area contributed by atoms with Crippen LogP contribution in [0.15, 0.2) is 18.2 Å². The normalized spacial score (nSPS) is 14.9. The van der Waals surface area contributed by atoms with E-state index in [1.54, 1.807) is 23.1 Å². The summed E-state index contributed by atoms with van der Waals surface area (Å²) in [7, 11) is 1.32. The van der Waals surface area contributed by atoms with E-state index in [4.69, 9.17) is 5.73 Å². The van der Waals surface area contributed by atoms with Crippen molar-refractivity contribution in [1.82, 2.24) is 4.90 Å². The van der Waals surface area contributed by atoms with Gasteiger partial charge in [0.2, 0.25) is 5.91 Å². The van der Waals surface area contributed by atoms with Crippen molar-refractivity contribution in [2.24, 2.45) is 0 Å². The molecular weight excluding hydrogens is 232 g/mol. The van der Waals surface area contributed by atoms with Crippen molar-refractivity contribution in [3.63, 3.8) is 0 Å². The van der Waals surface area contributed by atoms with Gasteiger partial charge in [0.25, 0.3) is 0 Å². The Labute approximate surface area is 106 Å². The first-order chi connectivity index (χ1) is 8.61. The Hall–Kier alpha value is -2.04. The van der Waals surface area contributed by atoms with E-state index in [0.717, 1.165) is 18.5 Å². The van der Waals surface area contributed by atoms with Crippen LogP contribution in [0.4, 0.5) is 5.69 Å². The number of carbonyl (C=O) groups is 2. The van der Waals surface area contributed by atoms with Gasteiger partial charge in [-0.05, 0) is 24.1 Å². The molecule has 1 aromatic carbocycles. The molecular formula is C13H16N2O3. The molecule has 1 heterocycles. The SMILES string of the molecule is COC(=O)c1ccc(CN2CCCC2=O)cc1N. The van der Waals surface area contributed by atoms with Crippen LogP contribution in [0.2, 0.25) is 0 Å². The van der Waals surface area contributed by atoms with E-state index in [2.05, 4.69) is 4.74 Å². The molecule has 0 unspecified atom stereocenters. The van der Waals surface area contributed by atoms with Crippen molar-refractivity contribution in [2.75, 3.05) is 19.4 Å². The number of rotatable bonds is 3. The molecule has 96 valence electrons. The molecule has 0 bridgehead atoms. The van der Waals surface area contributed by atoms with Crippen molar-refractivity contribution in [1.29, 1.82) is 0 Å². The lowest BCUT2D eigenvalue weighted by Gasteiger charge is -2.16. The van der Waals surface area contributed by atoms with E-state index < -0.39 is 5.97 Å². The predicted molar refractivity (Wildman–Crippen MR) is 66.8 cm³/mol. The molecule has 0 spiro atoms. The molecule has 0 aliphatic carbocycles. The summed E-state index contributed by atoms with van der Waals surface area (Å²) in [5.74, 6) is -0.276. The fraction of sp³-hybridized carbons (Fsp3) is 0.385. The van der Waals surface area contributed by atoms with E-state index in [-0.39, 0.29) is 5.91 Å². The first-order valence-corrected chi connectivity index (χ1v) is 5.86. The molecule has 5 nitrogen and oxygen atoms in total. The van der Waals surface area contributed by atoms with Crippen LogP contribution >= 0.6 is 0 Å². The minimum atomic E-state index is -0.448. The maximum absolute atomic E-state index is 11.5. The lowest BCUT2D eigenvalue weighted by Crippen LogP contribution is -2.24. The Morgan fingerprint density at radius 2 is 2.28 bits per heavy atom. The second-order valence-corrected chi connectivity index (χ2v) is 4.33. The van der Waals surface area contributed by atoms with E-state index in [1.807, 2.05) is 0 Å². The standard InChI is InChI=1S/C13H16N2O3/c1-18-13(17)10-5-4-9(7-11(10)14)8-15-6-2-3-12(15)16/h4-5,7H,2-3,6,8,14H2,1H3. The van der Waals surface area contributed by atoms with Crippen LogP contribution < -0.4 is 5.73 Å². The van der Waals surface area contributed by atoms with Gasteiger partial charge in [-0.2, -0.15) is 0 Å². The van der Waals surface area contributed by atoms with E-state index in [1.165, 1.54) is 7.11 Å². The van der Waals surface area contributed by atoms with Gasteiger partial charge in [0, 0.05) is 25.2 Å². The zero-order chi connectivity index (χ0) is 13.1. The zero-order valence-electron chi connectivity index (χ0n) is 10.3. The third kappa shape index (κ3) is 2.45. The van der Waals surface area contributed by atoms with Gasteiger partial charge in [0.15, 0.2) is 0 Å². The molecule has 1 saturated heterocycles. The lowest BCUT2D eigenvalue weighted by molar-refractivity contribution is -0.128. The van der Waals surface area contributed by atoms with Crippen LogP contribution in [0, 0.1) is 0 Å². The number of benzene rings is 1. The van der Waals surface area contributed by atoms with Gasteiger partial charge in [-0.3, -0.25) is 4.79 Å². The molecule has 18 heavy (non-hydrogen) atoms. The third-order valence-corrected chi connectivity index (χ3v) is 3.07. The van der Waals surface area contributed by atoms with Crippen LogP contribution in [0.5, 0.6) is 0 Å². The number of nitrogen functional groups attached to an aromatic ring is 1. The number of carbonyl (C=O) groups excluding carboxylic acids is 2. The average molecular weight is 248 g/mol. The molecule has 1 amide bonds. The minimum Gasteiger partial charge on any atom is -0.465 e. The number of nitrogens with two attached hydrogens (primary N) is 1. The quantitative estimate of drug-likeness (QED) is 0.644. The summed E-state index contributed by atoms with van der Waals surface area (Å²) in [6.45, 7) is 1.34. The summed E-state index contributed by atoms with van der Waals surface area (Å²) >= 11 is 0. The molecule has 1 fully saturated rings. The number of hydrogen-bond acceptors (Lipinski definition) is 4. The first kappa shape index (κ1) is 12.4. The zero-order valence-corrected chi connectivity index (χ0v) is 10.3. The second-order valence-electron chi connectivity index (χ2n) is 4.33. The fourth-order valence-electron chi connectivity index (χ4n) is 2.10.